The van der Waals surface area contributed by atoms with E-state index in [0.717, 1.165) is 11.1 Å². The summed E-state index contributed by atoms with van der Waals surface area (Å²) < 4.78 is 5.37. The van der Waals surface area contributed by atoms with Gasteiger partial charge in [-0.05, 0) is 41.5 Å². The molecule has 0 saturated carbocycles. The Hall–Kier alpha value is -3.93. The molecule has 0 spiro atoms. The van der Waals surface area contributed by atoms with E-state index < -0.39 is 17.9 Å². The molecule has 6 heteroatoms. The number of anilines is 1. The van der Waals surface area contributed by atoms with Crippen LogP contribution in [0.2, 0.25) is 0 Å². The molecule has 6 rings (SSSR count). The molecule has 0 bridgehead atoms. The second kappa shape index (κ2) is 6.54. The third-order valence-corrected chi connectivity index (χ3v) is 6.51. The molecule has 2 aromatic carbocycles. The van der Waals surface area contributed by atoms with E-state index in [4.69, 9.17) is 4.42 Å². The molecule has 2 saturated heterocycles. The molecular weight excluding hydrogens is 392 g/mol. The maximum Gasteiger partial charge on any atom is 0.240 e. The molecule has 4 heterocycles. The molecule has 3 aromatic rings. The quantitative estimate of drug-likeness (QED) is 0.487. The highest BCUT2D eigenvalue weighted by atomic mass is 16.3. The van der Waals surface area contributed by atoms with E-state index in [1.54, 1.807) is 36.4 Å². The van der Waals surface area contributed by atoms with Crippen LogP contribution in [0.15, 0.2) is 83.6 Å². The van der Waals surface area contributed by atoms with Crippen molar-refractivity contribution in [2.75, 3.05) is 4.90 Å². The average Bonchev–Trinajstić information content (AvgIpc) is 3.50. The molecule has 0 aliphatic carbocycles. The number of Topliss-reactive ketones (excluding diaryl/α,β-unsaturated/α-hetero) is 1. The topological polar surface area (TPSA) is 70.8 Å². The van der Waals surface area contributed by atoms with Crippen LogP contribution in [0, 0.1) is 11.8 Å². The largest absolute Gasteiger partial charge is 0.461 e. The Bertz CT molecular complexity index is 1230. The summed E-state index contributed by atoms with van der Waals surface area (Å²) in [5, 5.41) is 0. The van der Waals surface area contributed by atoms with Gasteiger partial charge in [0.1, 0.15) is 6.04 Å². The lowest BCUT2D eigenvalue weighted by molar-refractivity contribution is -0.123. The van der Waals surface area contributed by atoms with Crippen molar-refractivity contribution in [1.29, 1.82) is 0 Å². The van der Waals surface area contributed by atoms with Crippen molar-refractivity contribution in [2.24, 2.45) is 11.8 Å². The van der Waals surface area contributed by atoms with Crippen LogP contribution in [0.5, 0.6) is 0 Å². The molecule has 0 N–H and O–H groups in total. The van der Waals surface area contributed by atoms with Crippen LogP contribution in [0.25, 0.3) is 6.08 Å². The Kier molecular flexibility index (Phi) is 3.77. The van der Waals surface area contributed by atoms with Crippen LogP contribution in [0.3, 0.4) is 0 Å². The van der Waals surface area contributed by atoms with Crippen LogP contribution < -0.4 is 4.90 Å². The number of hydrogen-bond donors (Lipinski definition) is 0. The Morgan fingerprint density at radius 3 is 2.35 bits per heavy atom. The first-order valence-electron chi connectivity index (χ1n) is 10.2. The third kappa shape index (κ3) is 2.42. The molecule has 4 atom stereocenters. The molecule has 152 valence electrons. The molecule has 31 heavy (non-hydrogen) atoms. The van der Waals surface area contributed by atoms with Crippen molar-refractivity contribution < 1.29 is 18.8 Å². The maximum absolute atomic E-state index is 13.6. The lowest BCUT2D eigenvalue weighted by Crippen LogP contribution is -2.44. The first kappa shape index (κ1) is 17.9. The van der Waals surface area contributed by atoms with Crippen molar-refractivity contribution in [3.05, 3.63) is 96.1 Å². The summed E-state index contributed by atoms with van der Waals surface area (Å²) in [4.78, 5) is 43.8. The third-order valence-electron chi connectivity index (χ3n) is 6.51. The number of furan rings is 1. The molecule has 3 aliphatic rings. The maximum atomic E-state index is 13.6. The number of rotatable bonds is 3. The minimum absolute atomic E-state index is 0.190. The van der Waals surface area contributed by atoms with Crippen molar-refractivity contribution in [1.82, 2.24) is 4.90 Å². The lowest BCUT2D eigenvalue weighted by Gasteiger charge is -2.35. The van der Waals surface area contributed by atoms with Gasteiger partial charge in [-0.3, -0.25) is 14.4 Å². The van der Waals surface area contributed by atoms with Crippen molar-refractivity contribution >= 4 is 29.4 Å². The number of ketones is 1. The number of hydrogen-bond acceptors (Lipinski definition) is 5. The van der Waals surface area contributed by atoms with Gasteiger partial charge in [-0.15, -0.1) is 0 Å². The van der Waals surface area contributed by atoms with Crippen molar-refractivity contribution in [2.45, 2.75) is 12.1 Å². The summed E-state index contributed by atoms with van der Waals surface area (Å²) in [5.41, 5.74) is 2.47. The first-order chi connectivity index (χ1) is 15.2. The van der Waals surface area contributed by atoms with Gasteiger partial charge in [0, 0.05) is 6.20 Å². The summed E-state index contributed by atoms with van der Waals surface area (Å²) in [5.74, 6) is -2.14. The fourth-order valence-electron chi connectivity index (χ4n) is 5.25. The molecule has 3 aliphatic heterocycles. The van der Waals surface area contributed by atoms with E-state index in [0.29, 0.717) is 5.69 Å². The molecule has 6 nitrogen and oxygen atoms in total. The van der Waals surface area contributed by atoms with Crippen LogP contribution in [-0.4, -0.2) is 28.5 Å². The van der Waals surface area contributed by atoms with E-state index >= 15 is 0 Å². The zero-order valence-electron chi connectivity index (χ0n) is 16.4. The number of carbonyl (C=O) groups excluding carboxylic acids is 3. The molecule has 1 aromatic heterocycles. The smallest absolute Gasteiger partial charge is 0.240 e. The van der Waals surface area contributed by atoms with Crippen molar-refractivity contribution in [3.63, 3.8) is 0 Å². The zero-order chi connectivity index (χ0) is 21.1. The minimum Gasteiger partial charge on any atom is -0.461 e. The highest BCUT2D eigenvalue weighted by Gasteiger charge is 2.64. The van der Waals surface area contributed by atoms with Gasteiger partial charge in [-0.25, -0.2) is 4.90 Å². The predicted molar refractivity (Wildman–Crippen MR) is 113 cm³/mol. The van der Waals surface area contributed by atoms with Crippen LogP contribution in [-0.2, 0) is 9.59 Å². The van der Waals surface area contributed by atoms with E-state index in [-0.39, 0.29) is 29.4 Å². The summed E-state index contributed by atoms with van der Waals surface area (Å²) >= 11 is 0. The molecule has 0 radical (unpaired) electrons. The monoisotopic (exact) mass is 410 g/mol. The Balaban J connectivity index is 1.52. The number of benzene rings is 2. The number of carbonyl (C=O) groups is 3. The molecule has 1 unspecified atom stereocenters. The van der Waals surface area contributed by atoms with Gasteiger partial charge in [-0.2, -0.15) is 0 Å². The minimum atomic E-state index is -0.809. The van der Waals surface area contributed by atoms with Gasteiger partial charge in [0.15, 0.2) is 5.76 Å². The van der Waals surface area contributed by atoms with Gasteiger partial charge in [0.05, 0.1) is 29.8 Å². The number of fused-ring (bicyclic) bond motifs is 5. The van der Waals surface area contributed by atoms with Gasteiger partial charge < -0.3 is 9.32 Å². The van der Waals surface area contributed by atoms with Crippen LogP contribution in [0.1, 0.15) is 27.7 Å². The number of para-hydroxylation sites is 1. The lowest BCUT2D eigenvalue weighted by atomic mass is 9.84. The first-order valence-corrected chi connectivity index (χ1v) is 10.2. The number of nitrogens with zero attached hydrogens (tertiary/aromatic N) is 2. The summed E-state index contributed by atoms with van der Waals surface area (Å²) in [6.45, 7) is 0. The molecule has 2 amide bonds. The fraction of sp³-hybridized carbons (Fsp3) is 0.160. The van der Waals surface area contributed by atoms with Gasteiger partial charge in [0.2, 0.25) is 17.6 Å². The standard InChI is InChI=1S/C25H18N2O4/c28-23(18-11-6-14-31-18)22-20-19(21-17-10-5-4-7-15(17)12-13-26(21)22)24(29)27(25(20)30)16-8-2-1-3-9-16/h1-14,19-22H/t19-,20+,21?,22-/m0/s1. The van der Waals surface area contributed by atoms with E-state index in [9.17, 15) is 14.4 Å². The number of imide groups is 1. The molecule has 2 fully saturated rings. The SMILES string of the molecule is O=C(c1ccco1)[C@@H]1[C@@H]2C(=O)N(c3ccccc3)C(=O)[C@@H]2C2c3ccccc3C=CN21. The highest BCUT2D eigenvalue weighted by Crippen LogP contribution is 2.53. The van der Waals surface area contributed by atoms with E-state index in [2.05, 4.69) is 0 Å². The normalized spacial score (nSPS) is 26.1. The van der Waals surface area contributed by atoms with Crippen molar-refractivity contribution in [3.8, 4) is 0 Å². The van der Waals surface area contributed by atoms with E-state index in [1.807, 2.05) is 47.5 Å². The fourth-order valence-corrected chi connectivity index (χ4v) is 5.25. The van der Waals surface area contributed by atoms with Crippen LogP contribution in [0.4, 0.5) is 5.69 Å². The van der Waals surface area contributed by atoms with Gasteiger partial charge in [-0.1, -0.05) is 42.5 Å². The highest BCUT2D eigenvalue weighted by molar-refractivity contribution is 6.24. The Labute approximate surface area is 178 Å². The number of amides is 2. The second-order valence-corrected chi connectivity index (χ2v) is 8.02. The zero-order valence-corrected chi connectivity index (χ0v) is 16.4. The summed E-state index contributed by atoms with van der Waals surface area (Å²) in [6, 6.07) is 18.8. The Morgan fingerprint density at radius 1 is 0.839 bits per heavy atom. The summed E-state index contributed by atoms with van der Waals surface area (Å²) in [6.07, 6.45) is 5.21. The Morgan fingerprint density at radius 2 is 1.58 bits per heavy atom. The van der Waals surface area contributed by atoms with Gasteiger partial charge >= 0.3 is 0 Å². The van der Waals surface area contributed by atoms with E-state index in [1.165, 1.54) is 11.2 Å². The van der Waals surface area contributed by atoms with Gasteiger partial charge in [0.25, 0.3) is 0 Å². The summed E-state index contributed by atoms with van der Waals surface area (Å²) in [7, 11) is 0. The average molecular weight is 410 g/mol. The predicted octanol–water partition coefficient (Wildman–Crippen LogP) is 3.68. The van der Waals surface area contributed by atoms with Crippen LogP contribution >= 0.6 is 0 Å². The second-order valence-electron chi connectivity index (χ2n) is 8.02. The molecular formula is C25H18N2O4.